The lowest BCUT2D eigenvalue weighted by Gasteiger charge is -2.46. The zero-order chi connectivity index (χ0) is 22.3. The third-order valence-corrected chi connectivity index (χ3v) is 7.19. The molecule has 3 heterocycles. The summed E-state index contributed by atoms with van der Waals surface area (Å²) in [4.78, 5) is 2.31. The molecular weight excluding hydrogens is 404 g/mol. The fourth-order valence-corrected chi connectivity index (χ4v) is 5.34. The van der Waals surface area contributed by atoms with Crippen LogP contribution in [0.4, 0.5) is 0 Å². The van der Waals surface area contributed by atoms with Gasteiger partial charge in [-0.05, 0) is 38.0 Å². The Morgan fingerprint density at radius 2 is 1.97 bits per heavy atom. The van der Waals surface area contributed by atoms with Crippen LogP contribution in [0.5, 0.6) is 11.5 Å². The van der Waals surface area contributed by atoms with E-state index in [4.69, 9.17) is 9.47 Å². The molecule has 32 heavy (non-hydrogen) atoms. The van der Waals surface area contributed by atoms with E-state index in [0.717, 1.165) is 60.5 Å². The van der Waals surface area contributed by atoms with Crippen molar-refractivity contribution < 1.29 is 19.7 Å². The molecule has 5 rings (SSSR count). The molecule has 2 atom stereocenters. The average molecular weight is 437 g/mol. The fraction of sp³-hybridized carbons (Fsp3) is 0.462. The van der Waals surface area contributed by atoms with Crippen LogP contribution in [0.1, 0.15) is 49.5 Å². The van der Waals surface area contributed by atoms with Crippen LogP contribution in [0.3, 0.4) is 0 Å². The highest BCUT2D eigenvalue weighted by Crippen LogP contribution is 2.45. The summed E-state index contributed by atoms with van der Waals surface area (Å²) in [6.07, 6.45) is 3.28. The number of ether oxygens (including phenoxy) is 2. The number of aliphatic hydroxyl groups excluding tert-OH is 2. The predicted octanol–water partition coefficient (Wildman–Crippen LogP) is 4.05. The number of benzene rings is 2. The number of para-hydroxylation sites is 1. The number of β-amino-alcohol motifs (C(OH)–C–C–N with tert-alkyl or cyclic N) is 1. The maximum Gasteiger partial charge on any atom is 0.129 e. The molecule has 2 aliphatic heterocycles. The standard InChI is InChI=1S/C26H32N2O4/c1-3-28-16-21(19-6-4-5-7-22(19)28)24(30)17-27-12-10-26(11-13-27)15-23(29)20-9-8-18(31-2)14-25(20)32-26/h4-9,14,16,23-24,29-30H,3,10-13,15,17H2,1-2H3/t23-,24+/m0/s1. The second-order valence-electron chi connectivity index (χ2n) is 9.11. The van der Waals surface area contributed by atoms with Gasteiger partial charge in [0.25, 0.3) is 0 Å². The molecular formula is C26H32N2O4. The lowest BCUT2D eigenvalue weighted by atomic mass is 9.81. The first-order chi connectivity index (χ1) is 15.5. The van der Waals surface area contributed by atoms with Gasteiger partial charge in [0.2, 0.25) is 0 Å². The minimum Gasteiger partial charge on any atom is -0.497 e. The molecule has 170 valence electrons. The summed E-state index contributed by atoms with van der Waals surface area (Å²) in [5.74, 6) is 1.46. The van der Waals surface area contributed by atoms with Crippen LogP contribution in [0, 0.1) is 0 Å². The van der Waals surface area contributed by atoms with Crippen molar-refractivity contribution in [2.24, 2.45) is 0 Å². The molecule has 1 spiro atoms. The molecule has 0 amide bonds. The van der Waals surface area contributed by atoms with E-state index >= 15 is 0 Å². The number of hydrogen-bond acceptors (Lipinski definition) is 5. The first kappa shape index (κ1) is 21.3. The number of aryl methyl sites for hydroxylation is 1. The molecule has 6 heteroatoms. The smallest absolute Gasteiger partial charge is 0.129 e. The zero-order valence-electron chi connectivity index (χ0n) is 18.8. The largest absolute Gasteiger partial charge is 0.497 e. The molecule has 0 unspecified atom stereocenters. The van der Waals surface area contributed by atoms with Gasteiger partial charge < -0.3 is 29.2 Å². The number of nitrogens with zero attached hydrogens (tertiary/aromatic N) is 2. The normalized spacial score (nSPS) is 21.3. The van der Waals surface area contributed by atoms with Crippen molar-refractivity contribution in [1.29, 1.82) is 0 Å². The Hall–Kier alpha value is -2.54. The van der Waals surface area contributed by atoms with Crippen LogP contribution in [0.2, 0.25) is 0 Å². The number of aliphatic hydroxyl groups is 2. The van der Waals surface area contributed by atoms with Gasteiger partial charge in [0.05, 0.1) is 19.3 Å². The highest BCUT2D eigenvalue weighted by Gasteiger charge is 2.43. The van der Waals surface area contributed by atoms with Crippen molar-refractivity contribution in [3.8, 4) is 11.5 Å². The maximum absolute atomic E-state index is 11.1. The van der Waals surface area contributed by atoms with Crippen LogP contribution < -0.4 is 9.47 Å². The van der Waals surface area contributed by atoms with Crippen molar-refractivity contribution in [2.75, 3.05) is 26.7 Å². The third-order valence-electron chi connectivity index (χ3n) is 7.19. The number of hydrogen-bond donors (Lipinski definition) is 2. The lowest BCUT2D eigenvalue weighted by Crippen LogP contribution is -2.51. The number of fused-ring (bicyclic) bond motifs is 2. The minimum atomic E-state index is -0.537. The molecule has 2 N–H and O–H groups in total. The summed E-state index contributed by atoms with van der Waals surface area (Å²) >= 11 is 0. The van der Waals surface area contributed by atoms with Crippen molar-refractivity contribution in [3.05, 3.63) is 59.8 Å². The highest BCUT2D eigenvalue weighted by molar-refractivity contribution is 5.84. The van der Waals surface area contributed by atoms with Crippen molar-refractivity contribution >= 4 is 10.9 Å². The summed E-state index contributed by atoms with van der Waals surface area (Å²) in [7, 11) is 1.64. The van der Waals surface area contributed by atoms with Crippen molar-refractivity contribution in [2.45, 2.75) is 50.5 Å². The highest BCUT2D eigenvalue weighted by atomic mass is 16.5. The molecule has 1 saturated heterocycles. The Balaban J connectivity index is 1.27. The second kappa shape index (κ2) is 8.43. The van der Waals surface area contributed by atoms with Gasteiger partial charge in [-0.15, -0.1) is 0 Å². The number of aromatic nitrogens is 1. The van der Waals surface area contributed by atoms with Crippen molar-refractivity contribution in [3.63, 3.8) is 0 Å². The van der Waals surface area contributed by atoms with E-state index in [0.29, 0.717) is 13.0 Å². The van der Waals surface area contributed by atoms with E-state index in [2.05, 4.69) is 34.7 Å². The number of rotatable bonds is 5. The Labute approximate surface area is 189 Å². The van der Waals surface area contributed by atoms with Crippen molar-refractivity contribution in [1.82, 2.24) is 9.47 Å². The maximum atomic E-state index is 11.1. The Kier molecular flexibility index (Phi) is 5.61. The molecule has 0 bridgehead atoms. The molecule has 2 aromatic carbocycles. The molecule has 6 nitrogen and oxygen atoms in total. The SMILES string of the molecule is CCn1cc([C@H](O)CN2CCC3(CC2)C[C@H](O)c2ccc(OC)cc2O3)c2ccccc21. The van der Waals surface area contributed by atoms with Gasteiger partial charge in [0, 0.05) is 66.9 Å². The average Bonchev–Trinajstić information content (AvgIpc) is 3.19. The van der Waals surface area contributed by atoms with Gasteiger partial charge in [-0.2, -0.15) is 0 Å². The van der Waals surface area contributed by atoms with Gasteiger partial charge in [0.15, 0.2) is 0 Å². The lowest BCUT2D eigenvalue weighted by molar-refractivity contribution is -0.0588. The van der Waals surface area contributed by atoms with Crippen LogP contribution in [0.15, 0.2) is 48.7 Å². The zero-order valence-corrected chi connectivity index (χ0v) is 18.8. The van der Waals surface area contributed by atoms with E-state index in [-0.39, 0.29) is 5.60 Å². The number of likely N-dealkylation sites (tertiary alicyclic amines) is 1. The molecule has 1 aromatic heterocycles. The van der Waals surface area contributed by atoms with Crippen LogP contribution in [0.25, 0.3) is 10.9 Å². The van der Waals surface area contributed by atoms with Crippen LogP contribution >= 0.6 is 0 Å². The van der Waals surface area contributed by atoms with E-state index in [9.17, 15) is 10.2 Å². The molecule has 0 radical (unpaired) electrons. The number of piperidine rings is 1. The monoisotopic (exact) mass is 436 g/mol. The number of methoxy groups -OCH3 is 1. The molecule has 3 aromatic rings. The van der Waals surface area contributed by atoms with Gasteiger partial charge in [-0.3, -0.25) is 0 Å². The summed E-state index contributed by atoms with van der Waals surface area (Å²) in [5, 5.41) is 22.9. The summed E-state index contributed by atoms with van der Waals surface area (Å²) in [6.45, 7) is 5.26. The Bertz CT molecular complexity index is 1100. The molecule has 0 saturated carbocycles. The summed E-state index contributed by atoms with van der Waals surface area (Å²) in [5.41, 5.74) is 2.63. The fourth-order valence-electron chi connectivity index (χ4n) is 5.34. The van der Waals surface area contributed by atoms with Crippen LogP contribution in [-0.2, 0) is 6.54 Å². The third kappa shape index (κ3) is 3.76. The van der Waals surface area contributed by atoms with E-state index in [1.54, 1.807) is 7.11 Å². The first-order valence-electron chi connectivity index (χ1n) is 11.5. The molecule has 1 fully saturated rings. The minimum absolute atomic E-state index is 0.363. The predicted molar refractivity (Wildman–Crippen MR) is 124 cm³/mol. The van der Waals surface area contributed by atoms with E-state index in [1.807, 2.05) is 30.3 Å². The van der Waals surface area contributed by atoms with Gasteiger partial charge in [-0.1, -0.05) is 18.2 Å². The van der Waals surface area contributed by atoms with Gasteiger partial charge >= 0.3 is 0 Å². The summed E-state index contributed by atoms with van der Waals surface area (Å²) < 4.78 is 14.0. The van der Waals surface area contributed by atoms with E-state index in [1.165, 1.54) is 5.52 Å². The summed E-state index contributed by atoms with van der Waals surface area (Å²) in [6, 6.07) is 13.9. The van der Waals surface area contributed by atoms with Gasteiger partial charge in [0.1, 0.15) is 17.1 Å². The molecule has 0 aliphatic carbocycles. The Morgan fingerprint density at radius 1 is 1.19 bits per heavy atom. The topological polar surface area (TPSA) is 67.1 Å². The first-order valence-corrected chi connectivity index (χ1v) is 11.5. The van der Waals surface area contributed by atoms with Crippen LogP contribution in [-0.4, -0.2) is 52.0 Å². The Morgan fingerprint density at radius 3 is 2.72 bits per heavy atom. The van der Waals surface area contributed by atoms with Gasteiger partial charge in [-0.25, -0.2) is 0 Å². The second-order valence-corrected chi connectivity index (χ2v) is 9.11. The quantitative estimate of drug-likeness (QED) is 0.632. The molecule has 2 aliphatic rings. The van der Waals surface area contributed by atoms with E-state index < -0.39 is 12.2 Å².